The first-order chi connectivity index (χ1) is 8.90. The van der Waals surface area contributed by atoms with Gasteiger partial charge in [-0.2, -0.15) is 0 Å². The zero-order chi connectivity index (χ0) is 14.4. The van der Waals surface area contributed by atoms with Crippen molar-refractivity contribution < 1.29 is 4.79 Å². The molecule has 1 heterocycles. The molecule has 0 aromatic heterocycles. The number of carbonyl (C=O) groups is 1. The first kappa shape index (κ1) is 16.3. The monoisotopic (exact) mass is 286 g/mol. The van der Waals surface area contributed by atoms with Crippen LogP contribution in [-0.2, 0) is 4.79 Å². The summed E-state index contributed by atoms with van der Waals surface area (Å²) in [6, 6.07) is 0.325. The highest BCUT2D eigenvalue weighted by molar-refractivity contribution is 7.80. The molecule has 0 aliphatic carbocycles. The van der Waals surface area contributed by atoms with Gasteiger partial charge in [-0.3, -0.25) is 9.69 Å². The van der Waals surface area contributed by atoms with Gasteiger partial charge < -0.3 is 15.5 Å². The summed E-state index contributed by atoms with van der Waals surface area (Å²) in [7, 11) is 2.09. The van der Waals surface area contributed by atoms with Crippen LogP contribution in [0.5, 0.6) is 0 Å². The quantitative estimate of drug-likeness (QED) is 0.704. The van der Waals surface area contributed by atoms with Gasteiger partial charge in [0.15, 0.2) is 0 Å². The van der Waals surface area contributed by atoms with Gasteiger partial charge in [-0.05, 0) is 20.9 Å². The number of hydrogen-bond acceptors (Lipinski definition) is 4. The van der Waals surface area contributed by atoms with E-state index in [0.717, 1.165) is 32.7 Å². The van der Waals surface area contributed by atoms with Crippen LogP contribution in [0.1, 0.15) is 20.3 Å². The number of hydrogen-bond donors (Lipinski definition) is 1. The lowest BCUT2D eigenvalue weighted by Gasteiger charge is -2.34. The van der Waals surface area contributed by atoms with Crippen LogP contribution in [0, 0.1) is 0 Å². The van der Waals surface area contributed by atoms with E-state index < -0.39 is 0 Å². The molecule has 5 nitrogen and oxygen atoms in total. The van der Waals surface area contributed by atoms with E-state index in [1.807, 2.05) is 4.90 Å². The first-order valence-corrected chi connectivity index (χ1v) is 7.29. The minimum absolute atomic E-state index is 0.213. The molecular formula is C13H26N4OS. The minimum Gasteiger partial charge on any atom is -0.393 e. The lowest BCUT2D eigenvalue weighted by atomic mass is 10.2. The van der Waals surface area contributed by atoms with Crippen LogP contribution in [0.4, 0.5) is 0 Å². The molecule has 1 saturated heterocycles. The van der Waals surface area contributed by atoms with Crippen molar-refractivity contribution in [2.75, 3.05) is 46.3 Å². The molecule has 0 atom stereocenters. The van der Waals surface area contributed by atoms with Crippen LogP contribution >= 0.6 is 12.2 Å². The Kier molecular flexibility index (Phi) is 6.68. The van der Waals surface area contributed by atoms with Crippen LogP contribution in [0.3, 0.4) is 0 Å². The van der Waals surface area contributed by atoms with Crippen LogP contribution < -0.4 is 5.73 Å². The largest absolute Gasteiger partial charge is 0.393 e. The number of rotatable bonds is 6. The third-order valence-corrected chi connectivity index (χ3v) is 3.77. The van der Waals surface area contributed by atoms with Gasteiger partial charge in [-0.25, -0.2) is 0 Å². The van der Waals surface area contributed by atoms with Crippen molar-refractivity contribution in [3.8, 4) is 0 Å². The predicted octanol–water partition coefficient (Wildman–Crippen LogP) is 0.147. The fraction of sp³-hybridized carbons (Fsp3) is 0.846. The summed E-state index contributed by atoms with van der Waals surface area (Å²) >= 11 is 4.90. The molecule has 0 spiro atoms. The van der Waals surface area contributed by atoms with Crippen molar-refractivity contribution >= 4 is 23.1 Å². The second-order valence-corrected chi connectivity index (χ2v) is 5.99. The summed E-state index contributed by atoms with van der Waals surface area (Å²) in [5.74, 6) is 0.213. The molecule has 0 aromatic carbocycles. The zero-order valence-electron chi connectivity index (χ0n) is 12.3. The van der Waals surface area contributed by atoms with E-state index in [1.54, 1.807) is 0 Å². The van der Waals surface area contributed by atoms with Gasteiger partial charge in [0.1, 0.15) is 0 Å². The SMILES string of the molecule is CC(C)N(CCC(N)=S)CC(=O)N1CCN(C)CC1. The van der Waals surface area contributed by atoms with E-state index in [0.29, 0.717) is 24.0 Å². The van der Waals surface area contributed by atoms with E-state index in [4.69, 9.17) is 18.0 Å². The van der Waals surface area contributed by atoms with Crippen molar-refractivity contribution in [3.05, 3.63) is 0 Å². The number of likely N-dealkylation sites (N-methyl/N-ethyl adjacent to an activating group) is 1. The summed E-state index contributed by atoms with van der Waals surface area (Å²) in [4.78, 5) is 19.1. The van der Waals surface area contributed by atoms with Gasteiger partial charge in [0.2, 0.25) is 5.91 Å². The van der Waals surface area contributed by atoms with E-state index in [-0.39, 0.29) is 5.91 Å². The van der Waals surface area contributed by atoms with Gasteiger partial charge in [0, 0.05) is 45.2 Å². The highest BCUT2D eigenvalue weighted by Gasteiger charge is 2.22. The number of amides is 1. The number of nitrogens with zero attached hydrogens (tertiary/aromatic N) is 3. The fourth-order valence-corrected chi connectivity index (χ4v) is 2.19. The Balaban J connectivity index is 2.44. The molecule has 2 N–H and O–H groups in total. The molecule has 19 heavy (non-hydrogen) atoms. The third-order valence-electron chi connectivity index (χ3n) is 3.57. The Bertz CT molecular complexity index is 314. The molecule has 1 fully saturated rings. The zero-order valence-corrected chi connectivity index (χ0v) is 13.1. The van der Waals surface area contributed by atoms with Gasteiger partial charge in [0.05, 0.1) is 11.5 Å². The Morgan fingerprint density at radius 3 is 2.37 bits per heavy atom. The predicted molar refractivity (Wildman–Crippen MR) is 82.2 cm³/mol. The highest BCUT2D eigenvalue weighted by atomic mass is 32.1. The second-order valence-electron chi connectivity index (χ2n) is 5.46. The van der Waals surface area contributed by atoms with Gasteiger partial charge in [0.25, 0.3) is 0 Å². The molecule has 0 radical (unpaired) electrons. The molecule has 0 saturated carbocycles. The summed E-state index contributed by atoms with van der Waals surface area (Å²) in [6.07, 6.45) is 0.670. The maximum absolute atomic E-state index is 12.3. The van der Waals surface area contributed by atoms with Crippen molar-refractivity contribution in [2.45, 2.75) is 26.3 Å². The standard InChI is InChI=1S/C13H26N4OS/c1-11(2)17(5-4-12(14)19)10-13(18)16-8-6-15(3)7-9-16/h11H,4-10H2,1-3H3,(H2,14,19). The smallest absolute Gasteiger partial charge is 0.236 e. The molecule has 0 aromatic rings. The van der Waals surface area contributed by atoms with E-state index >= 15 is 0 Å². The maximum Gasteiger partial charge on any atom is 0.236 e. The average Bonchev–Trinajstić information content (AvgIpc) is 2.34. The normalized spacial score (nSPS) is 17.2. The molecule has 1 amide bonds. The molecule has 0 bridgehead atoms. The van der Waals surface area contributed by atoms with Crippen LogP contribution in [0.25, 0.3) is 0 Å². The number of thiocarbonyl (C=S) groups is 1. The minimum atomic E-state index is 0.213. The molecule has 6 heteroatoms. The van der Waals surface area contributed by atoms with Crippen LogP contribution in [0.15, 0.2) is 0 Å². The number of nitrogens with two attached hydrogens (primary N) is 1. The van der Waals surface area contributed by atoms with Crippen molar-refractivity contribution in [3.63, 3.8) is 0 Å². The van der Waals surface area contributed by atoms with Gasteiger partial charge in [-0.1, -0.05) is 12.2 Å². The second kappa shape index (κ2) is 7.77. The van der Waals surface area contributed by atoms with Gasteiger partial charge >= 0.3 is 0 Å². The fourth-order valence-electron chi connectivity index (χ4n) is 2.10. The van der Waals surface area contributed by atoms with Crippen LogP contribution in [-0.4, -0.2) is 78.0 Å². The van der Waals surface area contributed by atoms with Crippen molar-refractivity contribution in [2.24, 2.45) is 5.73 Å². The summed E-state index contributed by atoms with van der Waals surface area (Å²) in [5.41, 5.74) is 5.53. The van der Waals surface area contributed by atoms with E-state index in [2.05, 4.69) is 30.7 Å². The molecule has 1 rings (SSSR count). The average molecular weight is 286 g/mol. The lowest BCUT2D eigenvalue weighted by Crippen LogP contribution is -2.51. The van der Waals surface area contributed by atoms with Crippen LogP contribution in [0.2, 0.25) is 0 Å². The topological polar surface area (TPSA) is 52.8 Å². The summed E-state index contributed by atoms with van der Waals surface area (Å²) < 4.78 is 0. The molecule has 110 valence electrons. The Labute approximate surface area is 121 Å². The van der Waals surface area contributed by atoms with Crippen molar-refractivity contribution in [1.29, 1.82) is 0 Å². The molecule has 1 aliphatic heterocycles. The Morgan fingerprint density at radius 2 is 1.89 bits per heavy atom. The highest BCUT2D eigenvalue weighted by Crippen LogP contribution is 2.05. The molecule has 0 unspecified atom stereocenters. The number of carbonyl (C=O) groups excluding carboxylic acids is 1. The third kappa shape index (κ3) is 5.84. The first-order valence-electron chi connectivity index (χ1n) is 6.89. The lowest BCUT2D eigenvalue weighted by molar-refractivity contribution is -0.134. The molecule has 1 aliphatic rings. The Hall–Kier alpha value is -0.720. The summed E-state index contributed by atoms with van der Waals surface area (Å²) in [5, 5.41) is 0. The summed E-state index contributed by atoms with van der Waals surface area (Å²) in [6.45, 7) is 8.98. The van der Waals surface area contributed by atoms with Gasteiger partial charge in [-0.15, -0.1) is 0 Å². The van der Waals surface area contributed by atoms with E-state index in [9.17, 15) is 4.79 Å². The molecular weight excluding hydrogens is 260 g/mol. The number of piperazine rings is 1. The van der Waals surface area contributed by atoms with Crippen molar-refractivity contribution in [1.82, 2.24) is 14.7 Å². The van der Waals surface area contributed by atoms with E-state index in [1.165, 1.54) is 0 Å². The Morgan fingerprint density at radius 1 is 1.32 bits per heavy atom. The maximum atomic E-state index is 12.3.